The molecular weight excluding hydrogens is 425 g/mol. The molecule has 11 heteroatoms. The van der Waals surface area contributed by atoms with Crippen molar-refractivity contribution < 1.29 is 35.9 Å². The van der Waals surface area contributed by atoms with E-state index in [1.807, 2.05) is 0 Å². The summed E-state index contributed by atoms with van der Waals surface area (Å²) >= 11 is 0. The zero-order valence-electron chi connectivity index (χ0n) is 15.9. The van der Waals surface area contributed by atoms with Gasteiger partial charge in [-0.2, -0.15) is 13.2 Å². The fourth-order valence-corrected chi connectivity index (χ4v) is 4.22. The first kappa shape index (κ1) is 21.8. The van der Waals surface area contributed by atoms with Gasteiger partial charge in [-0.25, -0.2) is 8.42 Å². The minimum absolute atomic E-state index is 0.145. The van der Waals surface area contributed by atoms with Crippen LogP contribution in [0.2, 0.25) is 0 Å². The van der Waals surface area contributed by atoms with Crippen molar-refractivity contribution in [1.82, 2.24) is 5.32 Å². The highest BCUT2D eigenvalue weighted by Crippen LogP contribution is 2.34. The topological polar surface area (TPSA) is 84.9 Å². The van der Waals surface area contributed by atoms with Crippen LogP contribution in [-0.4, -0.2) is 46.8 Å². The second kappa shape index (κ2) is 8.42. The first-order chi connectivity index (χ1) is 14.1. The van der Waals surface area contributed by atoms with Crippen molar-refractivity contribution in [2.45, 2.75) is 18.0 Å². The zero-order chi connectivity index (χ0) is 21.9. The molecule has 1 amide bonds. The van der Waals surface area contributed by atoms with Gasteiger partial charge in [0, 0.05) is 6.07 Å². The Morgan fingerprint density at radius 2 is 1.80 bits per heavy atom. The molecule has 1 aliphatic heterocycles. The molecule has 1 heterocycles. The lowest BCUT2D eigenvalue weighted by atomic mass is 10.2. The van der Waals surface area contributed by atoms with Crippen LogP contribution in [0.15, 0.2) is 47.4 Å². The van der Waals surface area contributed by atoms with Gasteiger partial charge in [0.05, 0.1) is 10.6 Å². The van der Waals surface area contributed by atoms with Crippen LogP contribution in [0.1, 0.15) is 5.56 Å². The fraction of sp³-hybridized carbons (Fsp3) is 0.316. The summed E-state index contributed by atoms with van der Waals surface area (Å²) in [4.78, 5) is 11.9. The number of rotatable bonds is 6. The van der Waals surface area contributed by atoms with E-state index in [2.05, 4.69) is 0 Å². The lowest BCUT2D eigenvalue weighted by Crippen LogP contribution is -2.43. The van der Waals surface area contributed by atoms with E-state index < -0.39 is 35.2 Å². The van der Waals surface area contributed by atoms with Crippen LogP contribution < -0.4 is 19.1 Å². The van der Waals surface area contributed by atoms with Gasteiger partial charge in [0.2, 0.25) is 5.91 Å². The van der Waals surface area contributed by atoms with Gasteiger partial charge in [-0.15, -0.1) is 0 Å². The van der Waals surface area contributed by atoms with Crippen molar-refractivity contribution in [3.8, 4) is 11.5 Å². The molecule has 7 nitrogen and oxygen atoms in total. The highest BCUT2D eigenvalue weighted by atomic mass is 32.2. The molecule has 3 rings (SSSR count). The number of aryl methyl sites for hydroxylation is 1. The average molecular weight is 444 g/mol. The Morgan fingerprint density at radius 1 is 1.10 bits per heavy atom. The Kier molecular flexibility index (Phi) is 6.11. The van der Waals surface area contributed by atoms with E-state index in [-0.39, 0.29) is 22.9 Å². The minimum Gasteiger partial charge on any atom is -0.486 e. The number of fused-ring (bicyclic) bond motifs is 1. The van der Waals surface area contributed by atoms with Gasteiger partial charge in [-0.3, -0.25) is 9.10 Å². The van der Waals surface area contributed by atoms with Gasteiger partial charge in [-0.05, 0) is 36.8 Å². The maximum Gasteiger partial charge on any atom is 0.405 e. The van der Waals surface area contributed by atoms with Crippen LogP contribution in [0.5, 0.6) is 11.5 Å². The van der Waals surface area contributed by atoms with E-state index in [4.69, 9.17) is 9.47 Å². The quantitative estimate of drug-likeness (QED) is 0.741. The summed E-state index contributed by atoms with van der Waals surface area (Å²) in [6.07, 6.45) is -4.61. The lowest BCUT2D eigenvalue weighted by molar-refractivity contribution is -0.137. The Hall–Kier alpha value is -2.95. The van der Waals surface area contributed by atoms with Crippen LogP contribution in [-0.2, 0) is 14.8 Å². The molecule has 0 bridgehead atoms. The highest BCUT2D eigenvalue weighted by molar-refractivity contribution is 7.92. The molecule has 2 aromatic carbocycles. The molecule has 162 valence electrons. The Labute approximate surface area is 171 Å². The SMILES string of the molecule is Cc1cccc(N(CC(=O)NCC(F)(F)F)S(=O)(=O)c2ccc3c(c2)OCCO3)c1. The molecule has 0 atom stereocenters. The van der Waals surface area contributed by atoms with E-state index in [9.17, 15) is 26.4 Å². The molecule has 0 aliphatic carbocycles. The molecule has 1 N–H and O–H groups in total. The van der Waals surface area contributed by atoms with Crippen molar-refractivity contribution in [2.24, 2.45) is 0 Å². The summed E-state index contributed by atoms with van der Waals surface area (Å²) in [5, 5.41) is 1.70. The van der Waals surface area contributed by atoms with Crippen LogP contribution in [0.4, 0.5) is 18.9 Å². The maximum atomic E-state index is 13.3. The van der Waals surface area contributed by atoms with E-state index in [1.165, 1.54) is 30.3 Å². The van der Waals surface area contributed by atoms with E-state index >= 15 is 0 Å². The summed E-state index contributed by atoms with van der Waals surface area (Å²) in [6.45, 7) is -0.0815. The number of hydrogen-bond donors (Lipinski definition) is 1. The van der Waals surface area contributed by atoms with Crippen molar-refractivity contribution in [3.63, 3.8) is 0 Å². The number of ether oxygens (including phenoxy) is 2. The molecule has 1 aliphatic rings. The lowest BCUT2D eigenvalue weighted by Gasteiger charge is -2.25. The van der Waals surface area contributed by atoms with Crippen LogP contribution in [0, 0.1) is 6.92 Å². The molecular formula is C19H19F3N2O5S. The normalized spacial score (nSPS) is 13.6. The third-order valence-electron chi connectivity index (χ3n) is 4.16. The molecule has 0 saturated heterocycles. The van der Waals surface area contributed by atoms with Crippen molar-refractivity contribution >= 4 is 21.6 Å². The number of nitrogens with zero attached hydrogens (tertiary/aromatic N) is 1. The number of amides is 1. The Balaban J connectivity index is 1.95. The Morgan fingerprint density at radius 3 is 2.47 bits per heavy atom. The van der Waals surface area contributed by atoms with Gasteiger partial charge in [0.25, 0.3) is 10.0 Å². The van der Waals surface area contributed by atoms with Crippen molar-refractivity contribution in [2.75, 3.05) is 30.6 Å². The van der Waals surface area contributed by atoms with Gasteiger partial charge >= 0.3 is 6.18 Å². The van der Waals surface area contributed by atoms with Crippen LogP contribution >= 0.6 is 0 Å². The predicted molar refractivity (Wildman–Crippen MR) is 102 cm³/mol. The van der Waals surface area contributed by atoms with E-state index in [0.29, 0.717) is 17.9 Å². The number of sulfonamides is 1. The molecule has 0 unspecified atom stereocenters. The summed E-state index contributed by atoms with van der Waals surface area (Å²) in [7, 11) is -4.30. The summed E-state index contributed by atoms with van der Waals surface area (Å²) in [5.74, 6) is -0.479. The van der Waals surface area contributed by atoms with Gasteiger partial charge in [-0.1, -0.05) is 12.1 Å². The van der Waals surface area contributed by atoms with Gasteiger partial charge in [0.15, 0.2) is 11.5 Å². The predicted octanol–water partition coefficient (Wildman–Crippen LogP) is 2.64. The number of hydrogen-bond acceptors (Lipinski definition) is 5. The minimum atomic E-state index is -4.61. The molecule has 0 fully saturated rings. The second-order valence-corrected chi connectivity index (χ2v) is 8.41. The van der Waals surface area contributed by atoms with Crippen LogP contribution in [0.25, 0.3) is 0 Å². The monoisotopic (exact) mass is 444 g/mol. The summed E-state index contributed by atoms with van der Waals surface area (Å²) < 4.78 is 75.4. The van der Waals surface area contributed by atoms with Crippen molar-refractivity contribution in [3.05, 3.63) is 48.0 Å². The number of nitrogens with one attached hydrogen (secondary N) is 1. The van der Waals surface area contributed by atoms with Gasteiger partial charge < -0.3 is 14.8 Å². The second-order valence-electron chi connectivity index (χ2n) is 6.55. The average Bonchev–Trinajstić information content (AvgIpc) is 2.69. The number of anilines is 1. The molecule has 2 aromatic rings. The number of carbonyl (C=O) groups is 1. The third kappa shape index (κ3) is 5.15. The summed E-state index contributed by atoms with van der Waals surface area (Å²) in [6, 6.07) is 10.3. The number of carbonyl (C=O) groups excluding carboxylic acids is 1. The van der Waals surface area contributed by atoms with Gasteiger partial charge in [0.1, 0.15) is 26.3 Å². The number of alkyl halides is 3. The standard InChI is InChI=1S/C19H19F3N2O5S/c1-13-3-2-4-14(9-13)24(11-18(25)23-12-19(20,21)22)30(26,27)15-5-6-16-17(10-15)29-8-7-28-16/h2-6,9-10H,7-8,11-12H2,1H3,(H,23,25). The van der Waals surface area contributed by atoms with Crippen molar-refractivity contribution in [1.29, 1.82) is 0 Å². The fourth-order valence-electron chi connectivity index (χ4n) is 2.79. The smallest absolute Gasteiger partial charge is 0.405 e. The molecule has 0 radical (unpaired) electrons. The first-order valence-corrected chi connectivity index (χ1v) is 10.3. The first-order valence-electron chi connectivity index (χ1n) is 8.89. The Bertz CT molecular complexity index is 1040. The molecule has 0 spiro atoms. The molecule has 0 saturated carbocycles. The van der Waals surface area contributed by atoms with E-state index in [0.717, 1.165) is 4.31 Å². The largest absolute Gasteiger partial charge is 0.486 e. The van der Waals surface area contributed by atoms with Crippen LogP contribution in [0.3, 0.4) is 0 Å². The zero-order valence-corrected chi connectivity index (χ0v) is 16.7. The number of halogens is 3. The maximum absolute atomic E-state index is 13.3. The number of benzene rings is 2. The summed E-state index contributed by atoms with van der Waals surface area (Å²) in [5.41, 5.74) is 0.859. The van der Waals surface area contributed by atoms with E-state index in [1.54, 1.807) is 24.4 Å². The molecule has 0 aromatic heterocycles. The third-order valence-corrected chi connectivity index (χ3v) is 5.93. The molecule has 30 heavy (non-hydrogen) atoms. The highest BCUT2D eigenvalue weighted by Gasteiger charge is 2.31.